The highest BCUT2D eigenvalue weighted by Gasteiger charge is 2.24. The number of carbonyl (C=O) groups excluding carboxylic acids is 2. The number of ether oxygens (including phenoxy) is 1. The number of Topliss-reactive ketones (excluding diaryl/α,β-unsaturated/α-hetero) is 1. The molecule has 0 saturated carbocycles. The monoisotopic (exact) mass is 413 g/mol. The van der Waals surface area contributed by atoms with E-state index in [1.807, 2.05) is 0 Å². The molecule has 0 amide bonds. The normalized spacial score (nSPS) is 11.1. The van der Waals surface area contributed by atoms with Crippen molar-refractivity contribution in [3.8, 4) is 5.75 Å². The number of esters is 1. The van der Waals surface area contributed by atoms with Crippen LogP contribution in [-0.2, 0) is 14.9 Å². The van der Waals surface area contributed by atoms with Gasteiger partial charge in [0, 0.05) is 6.20 Å². The van der Waals surface area contributed by atoms with Crippen LogP contribution in [0.1, 0.15) is 32.0 Å². The van der Waals surface area contributed by atoms with Gasteiger partial charge in [0.25, 0.3) is 0 Å². The Labute approximate surface area is 168 Å². The molecule has 1 N–H and O–H groups in total. The summed E-state index contributed by atoms with van der Waals surface area (Å²) in [6, 6.07) is 14.0. The molecule has 1 heterocycles. The van der Waals surface area contributed by atoms with Gasteiger partial charge in [-0.3, -0.25) is 4.79 Å². The van der Waals surface area contributed by atoms with Gasteiger partial charge in [0.15, 0.2) is 12.4 Å². The minimum absolute atomic E-state index is 0.0163. The number of aromatic amines is 1. The fraction of sp³-hybridized carbons (Fsp3) is 0.143. The van der Waals surface area contributed by atoms with Gasteiger partial charge in [-0.15, -0.1) is 0 Å². The van der Waals surface area contributed by atoms with Crippen LogP contribution in [0.4, 0.5) is 0 Å². The first-order chi connectivity index (χ1) is 13.8. The number of nitrogens with one attached hydrogen (secondary N) is 1. The first-order valence-corrected chi connectivity index (χ1v) is 10.1. The molecule has 0 spiro atoms. The number of hydrogen-bond donors (Lipinski definition) is 1. The molecule has 0 aliphatic heterocycles. The van der Waals surface area contributed by atoms with Crippen LogP contribution in [0.25, 0.3) is 0 Å². The SMILES string of the molecule is Cc1ccc(C)c(S(=O)(=O)Oc2ccccc2C(=O)OCC(=O)c2ccc[nH]2)c1. The van der Waals surface area contributed by atoms with Crippen molar-refractivity contribution < 1.29 is 26.9 Å². The van der Waals surface area contributed by atoms with Crippen molar-refractivity contribution in [3.63, 3.8) is 0 Å². The maximum Gasteiger partial charge on any atom is 0.342 e. The summed E-state index contributed by atoms with van der Waals surface area (Å²) in [5.41, 5.74) is 1.49. The summed E-state index contributed by atoms with van der Waals surface area (Å²) >= 11 is 0. The molecule has 0 unspecified atom stereocenters. The molecular formula is C21H19NO6S. The molecular weight excluding hydrogens is 394 g/mol. The van der Waals surface area contributed by atoms with Gasteiger partial charge < -0.3 is 13.9 Å². The number of benzene rings is 2. The Morgan fingerprint density at radius 3 is 2.48 bits per heavy atom. The summed E-state index contributed by atoms with van der Waals surface area (Å²) in [6.45, 7) is 2.93. The van der Waals surface area contributed by atoms with Gasteiger partial charge in [0.1, 0.15) is 10.5 Å². The molecule has 0 bridgehead atoms. The zero-order chi connectivity index (χ0) is 21.0. The lowest BCUT2D eigenvalue weighted by Gasteiger charge is -2.13. The Balaban J connectivity index is 1.80. The Bertz CT molecular complexity index is 1150. The van der Waals surface area contributed by atoms with Crippen molar-refractivity contribution in [2.24, 2.45) is 0 Å². The van der Waals surface area contributed by atoms with E-state index in [9.17, 15) is 18.0 Å². The smallest absolute Gasteiger partial charge is 0.342 e. The molecule has 3 rings (SSSR count). The molecule has 0 fully saturated rings. The average Bonchev–Trinajstić information content (AvgIpc) is 3.22. The lowest BCUT2D eigenvalue weighted by molar-refractivity contribution is 0.0472. The van der Waals surface area contributed by atoms with Crippen molar-refractivity contribution in [2.45, 2.75) is 18.7 Å². The number of rotatable bonds is 7. The highest BCUT2D eigenvalue weighted by Crippen LogP contribution is 2.26. The van der Waals surface area contributed by atoms with E-state index in [4.69, 9.17) is 8.92 Å². The average molecular weight is 413 g/mol. The zero-order valence-corrected chi connectivity index (χ0v) is 16.7. The quantitative estimate of drug-likeness (QED) is 0.362. The number of carbonyl (C=O) groups is 2. The van der Waals surface area contributed by atoms with E-state index in [1.54, 1.807) is 50.4 Å². The first kappa shape index (κ1) is 20.3. The second-order valence-corrected chi connectivity index (χ2v) is 7.90. The molecule has 29 heavy (non-hydrogen) atoms. The summed E-state index contributed by atoms with van der Waals surface area (Å²) in [5.74, 6) is -1.45. The lowest BCUT2D eigenvalue weighted by Crippen LogP contribution is -2.17. The van der Waals surface area contributed by atoms with E-state index in [0.717, 1.165) is 5.56 Å². The number of aromatic nitrogens is 1. The molecule has 0 saturated heterocycles. The summed E-state index contributed by atoms with van der Waals surface area (Å²) < 4.78 is 35.7. The minimum atomic E-state index is -4.17. The molecule has 3 aromatic rings. The van der Waals surface area contributed by atoms with Crippen molar-refractivity contribution in [1.29, 1.82) is 0 Å². The van der Waals surface area contributed by atoms with E-state index < -0.39 is 28.5 Å². The van der Waals surface area contributed by atoms with Gasteiger partial charge >= 0.3 is 16.1 Å². The van der Waals surface area contributed by atoms with Crippen LogP contribution in [0.5, 0.6) is 5.75 Å². The molecule has 150 valence electrons. The first-order valence-electron chi connectivity index (χ1n) is 8.72. The molecule has 7 nitrogen and oxygen atoms in total. The van der Waals surface area contributed by atoms with Crippen LogP contribution in [0, 0.1) is 13.8 Å². The largest absolute Gasteiger partial charge is 0.454 e. The highest BCUT2D eigenvalue weighted by atomic mass is 32.2. The minimum Gasteiger partial charge on any atom is -0.454 e. The van der Waals surface area contributed by atoms with Crippen LogP contribution in [0.2, 0.25) is 0 Å². The summed E-state index contributed by atoms with van der Waals surface area (Å²) in [7, 11) is -4.17. The molecule has 1 aromatic heterocycles. The predicted molar refractivity (Wildman–Crippen MR) is 106 cm³/mol. The Hall–Kier alpha value is -3.39. The Morgan fingerprint density at radius 2 is 1.76 bits per heavy atom. The molecule has 2 aromatic carbocycles. The molecule has 0 radical (unpaired) electrons. The fourth-order valence-electron chi connectivity index (χ4n) is 2.64. The van der Waals surface area contributed by atoms with Gasteiger partial charge in [-0.05, 0) is 55.3 Å². The van der Waals surface area contributed by atoms with Gasteiger partial charge in [0.05, 0.1) is 5.69 Å². The number of aryl methyl sites for hydroxylation is 2. The van der Waals surface area contributed by atoms with Gasteiger partial charge in [-0.25, -0.2) is 4.79 Å². The molecule has 0 atom stereocenters. The van der Waals surface area contributed by atoms with Crippen LogP contribution in [0.3, 0.4) is 0 Å². The van der Waals surface area contributed by atoms with Crippen molar-refractivity contribution >= 4 is 21.9 Å². The lowest BCUT2D eigenvalue weighted by atomic mass is 10.2. The van der Waals surface area contributed by atoms with Gasteiger partial charge in [-0.2, -0.15) is 8.42 Å². The van der Waals surface area contributed by atoms with E-state index in [1.165, 1.54) is 24.3 Å². The molecule has 8 heteroatoms. The maximum atomic E-state index is 12.7. The second-order valence-electron chi connectivity index (χ2n) is 6.39. The van der Waals surface area contributed by atoms with Crippen molar-refractivity contribution in [1.82, 2.24) is 4.98 Å². The Kier molecular flexibility index (Phi) is 5.84. The van der Waals surface area contributed by atoms with Crippen LogP contribution in [-0.4, -0.2) is 31.8 Å². The third kappa shape index (κ3) is 4.72. The summed E-state index contributed by atoms with van der Waals surface area (Å²) in [4.78, 5) is 27.1. The van der Waals surface area contributed by atoms with E-state index in [2.05, 4.69) is 4.98 Å². The highest BCUT2D eigenvalue weighted by molar-refractivity contribution is 7.87. The number of para-hydroxylation sites is 1. The number of ketones is 1. The van der Waals surface area contributed by atoms with Crippen molar-refractivity contribution in [2.75, 3.05) is 6.61 Å². The fourth-order valence-corrected chi connectivity index (χ4v) is 3.90. The van der Waals surface area contributed by atoms with Crippen molar-refractivity contribution in [3.05, 3.63) is 83.2 Å². The second kappa shape index (κ2) is 8.32. The van der Waals surface area contributed by atoms with Crippen LogP contribution >= 0.6 is 0 Å². The standard InChI is InChI=1S/C21H19NO6S/c1-14-9-10-15(2)20(12-14)29(25,26)28-19-8-4-3-6-16(19)21(24)27-13-18(23)17-7-5-11-22-17/h3-12,22H,13H2,1-2H3. The van der Waals surface area contributed by atoms with Crippen LogP contribution in [0.15, 0.2) is 65.7 Å². The number of H-pyrrole nitrogens is 1. The Morgan fingerprint density at radius 1 is 1.00 bits per heavy atom. The topological polar surface area (TPSA) is 103 Å². The summed E-state index contributed by atoms with van der Waals surface area (Å²) in [5, 5.41) is 0. The van der Waals surface area contributed by atoms with E-state index >= 15 is 0 Å². The molecule has 0 aliphatic carbocycles. The predicted octanol–water partition coefficient (Wildman–Crippen LogP) is 3.44. The van der Waals surface area contributed by atoms with Crippen LogP contribution < -0.4 is 4.18 Å². The summed E-state index contributed by atoms with van der Waals surface area (Å²) in [6.07, 6.45) is 1.58. The van der Waals surface area contributed by atoms with Gasteiger partial charge in [0.2, 0.25) is 5.78 Å². The van der Waals surface area contributed by atoms with E-state index in [-0.39, 0.29) is 16.2 Å². The third-order valence-electron chi connectivity index (χ3n) is 4.15. The maximum absolute atomic E-state index is 12.7. The zero-order valence-electron chi connectivity index (χ0n) is 15.8. The third-order valence-corrected chi connectivity index (χ3v) is 5.53. The number of hydrogen-bond acceptors (Lipinski definition) is 6. The molecule has 0 aliphatic rings. The van der Waals surface area contributed by atoms with Gasteiger partial charge in [-0.1, -0.05) is 24.3 Å². The van der Waals surface area contributed by atoms with E-state index in [0.29, 0.717) is 11.3 Å².